The van der Waals surface area contributed by atoms with Crippen molar-refractivity contribution in [2.75, 3.05) is 17.7 Å². The van der Waals surface area contributed by atoms with Gasteiger partial charge in [-0.05, 0) is 26.7 Å². The van der Waals surface area contributed by atoms with Crippen LogP contribution in [0, 0.1) is 5.82 Å². The minimum Gasteiger partial charge on any atom is -0.375 e. The van der Waals surface area contributed by atoms with Gasteiger partial charge in [-0.3, -0.25) is 0 Å². The summed E-state index contributed by atoms with van der Waals surface area (Å²) in [6.07, 6.45) is 2.71. The Balaban J connectivity index is 2.07. The number of nitrogens with zero attached hydrogens (tertiary/aromatic N) is 2. The van der Waals surface area contributed by atoms with E-state index in [1.807, 2.05) is 13.8 Å². The molecule has 0 aliphatic carbocycles. The molecule has 1 aliphatic heterocycles. The molecule has 0 amide bonds. The van der Waals surface area contributed by atoms with Crippen LogP contribution in [-0.4, -0.2) is 28.2 Å². The lowest BCUT2D eigenvalue weighted by Gasteiger charge is -2.36. The van der Waals surface area contributed by atoms with Crippen molar-refractivity contribution < 1.29 is 9.13 Å². The van der Waals surface area contributed by atoms with Crippen molar-refractivity contribution in [2.24, 2.45) is 0 Å². The first-order valence-corrected chi connectivity index (χ1v) is 5.65. The molecule has 1 aromatic heterocycles. The Labute approximate surface area is 99.6 Å². The first-order valence-electron chi connectivity index (χ1n) is 5.65. The third-order valence-electron chi connectivity index (χ3n) is 2.80. The van der Waals surface area contributed by atoms with Crippen LogP contribution < -0.4 is 11.1 Å². The third kappa shape index (κ3) is 3.03. The van der Waals surface area contributed by atoms with Crippen LogP contribution in [0.1, 0.15) is 26.7 Å². The van der Waals surface area contributed by atoms with Crippen LogP contribution in [0.2, 0.25) is 0 Å². The lowest BCUT2D eigenvalue weighted by Crippen LogP contribution is -2.40. The number of ether oxygens (including phenoxy) is 1. The molecule has 2 heterocycles. The summed E-state index contributed by atoms with van der Waals surface area (Å²) < 4.78 is 19.0. The first-order chi connectivity index (χ1) is 7.96. The predicted molar refractivity (Wildman–Crippen MR) is 63.1 cm³/mol. The monoisotopic (exact) mass is 240 g/mol. The lowest BCUT2D eigenvalue weighted by molar-refractivity contribution is -0.0553. The topological polar surface area (TPSA) is 73.1 Å². The van der Waals surface area contributed by atoms with Crippen LogP contribution in [0.3, 0.4) is 0 Å². The Morgan fingerprint density at radius 3 is 3.06 bits per heavy atom. The van der Waals surface area contributed by atoms with Crippen LogP contribution in [0.15, 0.2) is 6.20 Å². The van der Waals surface area contributed by atoms with Crippen molar-refractivity contribution >= 4 is 11.8 Å². The van der Waals surface area contributed by atoms with Gasteiger partial charge in [0.05, 0.1) is 11.8 Å². The van der Waals surface area contributed by atoms with Gasteiger partial charge in [0.1, 0.15) is 0 Å². The molecular weight excluding hydrogens is 223 g/mol. The highest BCUT2D eigenvalue weighted by Crippen LogP contribution is 2.26. The van der Waals surface area contributed by atoms with Gasteiger partial charge < -0.3 is 15.8 Å². The molecule has 5 nitrogen and oxygen atoms in total. The van der Waals surface area contributed by atoms with E-state index in [0.717, 1.165) is 19.0 Å². The molecule has 1 unspecified atom stereocenters. The molecule has 1 saturated heterocycles. The lowest BCUT2D eigenvalue weighted by atomic mass is 9.94. The number of hydrogen-bond donors (Lipinski definition) is 2. The second kappa shape index (κ2) is 4.44. The molecule has 17 heavy (non-hydrogen) atoms. The second-order valence-corrected chi connectivity index (χ2v) is 4.87. The molecule has 1 aromatic rings. The second-order valence-electron chi connectivity index (χ2n) is 4.87. The van der Waals surface area contributed by atoms with Gasteiger partial charge in [-0.2, -0.15) is 4.98 Å². The molecule has 0 bridgehead atoms. The average molecular weight is 240 g/mol. The summed E-state index contributed by atoms with van der Waals surface area (Å²) in [5, 5.41) is 3.06. The van der Waals surface area contributed by atoms with Crippen molar-refractivity contribution in [1.29, 1.82) is 0 Å². The number of rotatable bonds is 2. The highest BCUT2D eigenvalue weighted by molar-refractivity contribution is 5.40. The van der Waals surface area contributed by atoms with Gasteiger partial charge in [0.15, 0.2) is 11.6 Å². The van der Waals surface area contributed by atoms with Gasteiger partial charge in [0.25, 0.3) is 0 Å². The molecule has 1 aliphatic rings. The van der Waals surface area contributed by atoms with Crippen LogP contribution in [0.25, 0.3) is 0 Å². The van der Waals surface area contributed by atoms with E-state index < -0.39 is 5.82 Å². The summed E-state index contributed by atoms with van der Waals surface area (Å²) >= 11 is 0. The molecule has 0 radical (unpaired) electrons. The molecule has 0 spiro atoms. The quantitative estimate of drug-likeness (QED) is 0.820. The van der Waals surface area contributed by atoms with Crippen LogP contribution in [0.4, 0.5) is 16.2 Å². The number of nitrogens with two attached hydrogens (primary N) is 1. The van der Waals surface area contributed by atoms with E-state index in [1.165, 1.54) is 0 Å². The molecule has 2 rings (SSSR count). The molecule has 0 aromatic carbocycles. The minimum absolute atomic E-state index is 0.0696. The number of anilines is 2. The predicted octanol–water partition coefficient (Wildman–Crippen LogP) is 1.57. The molecule has 3 N–H and O–H groups in total. The van der Waals surface area contributed by atoms with E-state index in [9.17, 15) is 4.39 Å². The zero-order chi connectivity index (χ0) is 12.5. The van der Waals surface area contributed by atoms with E-state index in [-0.39, 0.29) is 23.4 Å². The molecule has 1 atom stereocenters. The SMILES string of the molecule is CC1(C)CC(Nc2nc(N)ncc2F)CCO1. The van der Waals surface area contributed by atoms with E-state index >= 15 is 0 Å². The molecule has 94 valence electrons. The zero-order valence-electron chi connectivity index (χ0n) is 10.0. The van der Waals surface area contributed by atoms with E-state index in [0.29, 0.717) is 6.61 Å². The number of nitrogen functional groups attached to an aromatic ring is 1. The fourth-order valence-electron chi connectivity index (χ4n) is 2.03. The minimum atomic E-state index is -0.483. The van der Waals surface area contributed by atoms with Crippen molar-refractivity contribution in [1.82, 2.24) is 9.97 Å². The van der Waals surface area contributed by atoms with E-state index in [1.54, 1.807) is 0 Å². The fourth-order valence-corrected chi connectivity index (χ4v) is 2.03. The molecular formula is C11H17FN4O. The number of nitrogens with one attached hydrogen (secondary N) is 1. The summed E-state index contributed by atoms with van der Waals surface area (Å²) in [6.45, 7) is 4.70. The van der Waals surface area contributed by atoms with Gasteiger partial charge in [-0.15, -0.1) is 0 Å². The molecule has 1 fully saturated rings. The Hall–Kier alpha value is -1.43. The summed E-state index contributed by atoms with van der Waals surface area (Å²) in [6, 6.07) is 0.141. The zero-order valence-corrected chi connectivity index (χ0v) is 10.0. The van der Waals surface area contributed by atoms with Gasteiger partial charge in [0, 0.05) is 12.6 Å². The summed E-state index contributed by atoms with van der Waals surface area (Å²) in [7, 11) is 0. The number of hydrogen-bond acceptors (Lipinski definition) is 5. The summed E-state index contributed by atoms with van der Waals surface area (Å²) in [4.78, 5) is 7.44. The Morgan fingerprint density at radius 1 is 1.59 bits per heavy atom. The fraction of sp³-hybridized carbons (Fsp3) is 0.636. The Morgan fingerprint density at radius 2 is 2.35 bits per heavy atom. The van der Waals surface area contributed by atoms with E-state index in [2.05, 4.69) is 15.3 Å². The van der Waals surface area contributed by atoms with Crippen LogP contribution in [0.5, 0.6) is 0 Å². The third-order valence-corrected chi connectivity index (χ3v) is 2.80. The Kier molecular flexibility index (Phi) is 3.15. The highest BCUT2D eigenvalue weighted by Gasteiger charge is 2.29. The van der Waals surface area contributed by atoms with Gasteiger partial charge in [-0.25, -0.2) is 9.37 Å². The van der Waals surface area contributed by atoms with Gasteiger partial charge in [0.2, 0.25) is 5.95 Å². The van der Waals surface area contributed by atoms with Gasteiger partial charge >= 0.3 is 0 Å². The average Bonchev–Trinajstić information content (AvgIpc) is 2.22. The smallest absolute Gasteiger partial charge is 0.222 e. The number of aromatic nitrogens is 2. The van der Waals surface area contributed by atoms with Crippen LogP contribution in [-0.2, 0) is 4.74 Å². The molecule has 0 saturated carbocycles. The highest BCUT2D eigenvalue weighted by atomic mass is 19.1. The van der Waals surface area contributed by atoms with Crippen molar-refractivity contribution in [3.63, 3.8) is 0 Å². The van der Waals surface area contributed by atoms with Crippen LogP contribution >= 0.6 is 0 Å². The van der Waals surface area contributed by atoms with E-state index in [4.69, 9.17) is 10.5 Å². The normalized spacial score (nSPS) is 23.4. The molecule has 6 heteroatoms. The van der Waals surface area contributed by atoms with Gasteiger partial charge in [-0.1, -0.05) is 0 Å². The number of halogens is 1. The maximum Gasteiger partial charge on any atom is 0.222 e. The van der Waals surface area contributed by atoms with Crippen molar-refractivity contribution in [3.8, 4) is 0 Å². The largest absolute Gasteiger partial charge is 0.375 e. The maximum atomic E-state index is 13.4. The van der Waals surface area contributed by atoms with Crippen molar-refractivity contribution in [3.05, 3.63) is 12.0 Å². The standard InChI is InChI=1S/C11H17FN4O/c1-11(2)5-7(3-4-17-11)15-9-8(12)6-14-10(13)16-9/h6-7H,3-5H2,1-2H3,(H3,13,14,15,16). The summed E-state index contributed by atoms with van der Waals surface area (Å²) in [5.41, 5.74) is 5.24. The first kappa shape index (κ1) is 12.0. The maximum absolute atomic E-state index is 13.4. The Bertz CT molecular complexity index is 410. The summed E-state index contributed by atoms with van der Waals surface area (Å²) in [5.74, 6) is -0.246. The van der Waals surface area contributed by atoms with Crippen molar-refractivity contribution in [2.45, 2.75) is 38.3 Å².